The minimum absolute atomic E-state index is 0.0549. The number of nitrogens with one attached hydrogen (secondary N) is 1. The lowest BCUT2D eigenvalue weighted by atomic mass is 9.96. The largest absolute Gasteiger partial charge is 0.306 e. The number of hydrogen-bond acceptors (Lipinski definition) is 1. The Bertz CT molecular complexity index is 635. The van der Waals surface area contributed by atoms with Gasteiger partial charge < -0.3 is 5.32 Å². The molecule has 1 unspecified atom stereocenters. The van der Waals surface area contributed by atoms with Gasteiger partial charge in [-0.15, -0.1) is 0 Å². The normalized spacial score (nSPS) is 12.5. The first-order chi connectivity index (χ1) is 9.92. The van der Waals surface area contributed by atoms with Crippen LogP contribution in [-0.2, 0) is 0 Å². The maximum absolute atomic E-state index is 14.0. The van der Waals surface area contributed by atoms with Crippen LogP contribution in [0.4, 0.5) is 17.6 Å². The lowest BCUT2D eigenvalue weighted by Crippen LogP contribution is -2.23. The molecular weight excluding hydrogens is 282 g/mol. The highest BCUT2D eigenvalue weighted by Crippen LogP contribution is 2.27. The standard InChI is InChI=1S/C16H15F4N/c1-3-21-16(10-4-9(2)5-11(17)6-10)12-7-14(19)15(20)8-13(12)18/h4-8,16,21H,3H2,1-2H3. The van der Waals surface area contributed by atoms with Crippen LogP contribution in [0.2, 0.25) is 0 Å². The topological polar surface area (TPSA) is 12.0 Å². The molecule has 0 bridgehead atoms. The molecule has 1 N–H and O–H groups in total. The molecule has 0 aliphatic carbocycles. The maximum Gasteiger partial charge on any atom is 0.161 e. The Hall–Kier alpha value is -1.88. The molecule has 0 aliphatic rings. The number of halogens is 4. The Kier molecular flexibility index (Phi) is 4.63. The molecule has 0 fully saturated rings. The summed E-state index contributed by atoms with van der Waals surface area (Å²) in [4.78, 5) is 0. The summed E-state index contributed by atoms with van der Waals surface area (Å²) >= 11 is 0. The van der Waals surface area contributed by atoms with Crippen LogP contribution in [-0.4, -0.2) is 6.54 Å². The smallest absolute Gasteiger partial charge is 0.161 e. The average Bonchev–Trinajstić information content (AvgIpc) is 2.39. The Balaban J connectivity index is 2.55. The number of benzene rings is 2. The molecule has 0 spiro atoms. The fraction of sp³-hybridized carbons (Fsp3) is 0.250. The van der Waals surface area contributed by atoms with Gasteiger partial charge in [-0.3, -0.25) is 0 Å². The van der Waals surface area contributed by atoms with Crippen LogP contribution in [0.5, 0.6) is 0 Å². The molecule has 2 aromatic carbocycles. The van der Waals surface area contributed by atoms with Crippen LogP contribution >= 0.6 is 0 Å². The molecule has 0 aromatic heterocycles. The molecule has 0 saturated carbocycles. The zero-order valence-electron chi connectivity index (χ0n) is 11.7. The van der Waals surface area contributed by atoms with Gasteiger partial charge in [0, 0.05) is 11.6 Å². The van der Waals surface area contributed by atoms with Gasteiger partial charge in [0.05, 0.1) is 6.04 Å². The fourth-order valence-corrected chi connectivity index (χ4v) is 2.30. The van der Waals surface area contributed by atoms with Crippen molar-refractivity contribution in [1.82, 2.24) is 5.32 Å². The number of aryl methyl sites for hydroxylation is 1. The lowest BCUT2D eigenvalue weighted by molar-refractivity contribution is 0.480. The molecule has 1 nitrogen and oxygen atoms in total. The van der Waals surface area contributed by atoms with Crippen molar-refractivity contribution in [3.63, 3.8) is 0 Å². The van der Waals surface area contributed by atoms with Gasteiger partial charge in [-0.05, 0) is 42.8 Å². The number of hydrogen-bond donors (Lipinski definition) is 1. The zero-order chi connectivity index (χ0) is 15.6. The molecule has 0 saturated heterocycles. The Labute approximate surface area is 120 Å². The molecular formula is C16H15F4N. The highest BCUT2D eigenvalue weighted by molar-refractivity contribution is 5.35. The van der Waals surface area contributed by atoms with E-state index < -0.39 is 29.3 Å². The first-order valence-electron chi connectivity index (χ1n) is 6.57. The van der Waals surface area contributed by atoms with Crippen molar-refractivity contribution in [2.75, 3.05) is 6.54 Å². The summed E-state index contributed by atoms with van der Waals surface area (Å²) in [6, 6.07) is 4.82. The van der Waals surface area contributed by atoms with Gasteiger partial charge in [0.25, 0.3) is 0 Å². The van der Waals surface area contributed by atoms with E-state index in [-0.39, 0.29) is 5.56 Å². The van der Waals surface area contributed by atoms with Crippen molar-refractivity contribution in [2.24, 2.45) is 0 Å². The van der Waals surface area contributed by atoms with E-state index in [4.69, 9.17) is 0 Å². The maximum atomic E-state index is 14.0. The van der Waals surface area contributed by atoms with E-state index in [1.54, 1.807) is 19.9 Å². The summed E-state index contributed by atoms with van der Waals surface area (Å²) in [5.41, 5.74) is 1.07. The second-order valence-electron chi connectivity index (χ2n) is 4.84. The zero-order valence-corrected chi connectivity index (χ0v) is 11.7. The van der Waals surface area contributed by atoms with Crippen molar-refractivity contribution in [3.8, 4) is 0 Å². The quantitative estimate of drug-likeness (QED) is 0.657. The van der Waals surface area contributed by atoms with Gasteiger partial charge in [-0.1, -0.05) is 13.0 Å². The molecule has 21 heavy (non-hydrogen) atoms. The summed E-state index contributed by atoms with van der Waals surface area (Å²) in [7, 11) is 0. The van der Waals surface area contributed by atoms with Gasteiger partial charge in [-0.2, -0.15) is 0 Å². The van der Waals surface area contributed by atoms with E-state index in [1.165, 1.54) is 12.1 Å². The fourth-order valence-electron chi connectivity index (χ4n) is 2.30. The molecule has 112 valence electrons. The first-order valence-corrected chi connectivity index (χ1v) is 6.57. The van der Waals surface area contributed by atoms with Gasteiger partial charge in [0.15, 0.2) is 11.6 Å². The van der Waals surface area contributed by atoms with Crippen LogP contribution in [0, 0.1) is 30.2 Å². The van der Waals surface area contributed by atoms with Crippen LogP contribution < -0.4 is 5.32 Å². The monoisotopic (exact) mass is 297 g/mol. The van der Waals surface area contributed by atoms with E-state index in [2.05, 4.69) is 5.32 Å². The third kappa shape index (κ3) is 3.42. The molecule has 2 rings (SSSR count). The predicted octanol–water partition coefficient (Wildman–Crippen LogP) is 4.25. The Morgan fingerprint density at radius 1 is 0.905 bits per heavy atom. The van der Waals surface area contributed by atoms with Gasteiger partial charge in [-0.25, -0.2) is 17.6 Å². The summed E-state index contributed by atoms with van der Waals surface area (Å²) in [5.74, 6) is -3.72. The van der Waals surface area contributed by atoms with Crippen LogP contribution in [0.3, 0.4) is 0 Å². The van der Waals surface area contributed by atoms with E-state index in [0.29, 0.717) is 23.7 Å². The van der Waals surface area contributed by atoms with Crippen LogP contribution in [0.1, 0.15) is 29.7 Å². The Morgan fingerprint density at radius 2 is 1.57 bits per heavy atom. The van der Waals surface area contributed by atoms with E-state index in [1.807, 2.05) is 0 Å². The first kappa shape index (κ1) is 15.5. The second-order valence-corrected chi connectivity index (χ2v) is 4.84. The Morgan fingerprint density at radius 3 is 2.19 bits per heavy atom. The van der Waals surface area contributed by atoms with Crippen LogP contribution in [0.25, 0.3) is 0 Å². The van der Waals surface area contributed by atoms with Crippen molar-refractivity contribution in [3.05, 3.63) is 70.3 Å². The molecule has 0 heterocycles. The summed E-state index contributed by atoms with van der Waals surface area (Å²) < 4.78 is 53.9. The third-order valence-electron chi connectivity index (χ3n) is 3.16. The van der Waals surface area contributed by atoms with Crippen molar-refractivity contribution in [2.45, 2.75) is 19.9 Å². The molecule has 0 aliphatic heterocycles. The van der Waals surface area contributed by atoms with Crippen molar-refractivity contribution >= 4 is 0 Å². The SMILES string of the molecule is CCNC(c1cc(C)cc(F)c1)c1cc(F)c(F)cc1F. The highest BCUT2D eigenvalue weighted by Gasteiger charge is 2.20. The van der Waals surface area contributed by atoms with Crippen molar-refractivity contribution in [1.29, 1.82) is 0 Å². The molecule has 0 radical (unpaired) electrons. The van der Waals surface area contributed by atoms with E-state index in [0.717, 1.165) is 6.07 Å². The minimum atomic E-state index is -1.25. The summed E-state index contributed by atoms with van der Waals surface area (Å²) in [5, 5.41) is 2.96. The van der Waals surface area contributed by atoms with Gasteiger partial charge in [0.1, 0.15) is 11.6 Å². The number of rotatable bonds is 4. The minimum Gasteiger partial charge on any atom is -0.306 e. The predicted molar refractivity (Wildman–Crippen MR) is 73.0 cm³/mol. The van der Waals surface area contributed by atoms with Gasteiger partial charge >= 0.3 is 0 Å². The summed E-state index contributed by atoms with van der Waals surface area (Å²) in [6.45, 7) is 3.95. The molecule has 5 heteroatoms. The summed E-state index contributed by atoms with van der Waals surface area (Å²) in [6.07, 6.45) is 0. The second kappa shape index (κ2) is 6.26. The molecule has 2 aromatic rings. The molecule has 0 amide bonds. The lowest BCUT2D eigenvalue weighted by Gasteiger charge is -2.20. The third-order valence-corrected chi connectivity index (χ3v) is 3.16. The van der Waals surface area contributed by atoms with Crippen molar-refractivity contribution < 1.29 is 17.6 Å². The van der Waals surface area contributed by atoms with Crippen LogP contribution in [0.15, 0.2) is 30.3 Å². The molecule has 1 atom stereocenters. The average molecular weight is 297 g/mol. The highest BCUT2D eigenvalue weighted by atomic mass is 19.2. The van der Waals surface area contributed by atoms with Gasteiger partial charge in [0.2, 0.25) is 0 Å². The van der Waals surface area contributed by atoms with E-state index >= 15 is 0 Å². The van der Waals surface area contributed by atoms with E-state index in [9.17, 15) is 17.6 Å².